The summed E-state index contributed by atoms with van der Waals surface area (Å²) < 4.78 is 1.76. The third kappa shape index (κ3) is 4.19. The zero-order valence-corrected chi connectivity index (χ0v) is 14.9. The molecule has 1 aromatic heterocycles. The molecule has 0 unspecified atom stereocenters. The van der Waals surface area contributed by atoms with E-state index in [4.69, 9.17) is 11.6 Å². The van der Waals surface area contributed by atoms with Gasteiger partial charge in [0.25, 0.3) is 5.91 Å². The van der Waals surface area contributed by atoms with Gasteiger partial charge in [0.05, 0.1) is 12.7 Å². The molecule has 128 valence electrons. The van der Waals surface area contributed by atoms with Crippen molar-refractivity contribution < 1.29 is 4.79 Å². The van der Waals surface area contributed by atoms with Crippen molar-refractivity contribution in [3.8, 4) is 0 Å². The number of carbonyl (C=O) groups excluding carboxylic acids is 1. The van der Waals surface area contributed by atoms with Crippen molar-refractivity contribution in [3.63, 3.8) is 0 Å². The summed E-state index contributed by atoms with van der Waals surface area (Å²) in [5, 5.41) is 7.71. The number of amides is 1. The highest BCUT2D eigenvalue weighted by molar-refractivity contribution is 6.31. The minimum absolute atomic E-state index is 0.216. The molecule has 0 fully saturated rings. The smallest absolute Gasteiger partial charge is 0.256 e. The molecule has 1 heterocycles. The van der Waals surface area contributed by atoms with Crippen LogP contribution in [0.2, 0.25) is 5.02 Å². The van der Waals surface area contributed by atoms with Crippen molar-refractivity contribution in [1.29, 1.82) is 0 Å². The number of carbonyl (C=O) groups is 1. The Balaban J connectivity index is 1.73. The van der Waals surface area contributed by atoms with E-state index in [1.807, 2.05) is 19.0 Å². The molecule has 1 amide bonds. The molecule has 1 N–H and O–H groups in total. The van der Waals surface area contributed by atoms with Crippen LogP contribution in [0.1, 0.15) is 15.9 Å². The number of anilines is 2. The second-order valence-electron chi connectivity index (χ2n) is 5.90. The van der Waals surface area contributed by atoms with Gasteiger partial charge >= 0.3 is 0 Å². The lowest BCUT2D eigenvalue weighted by Crippen LogP contribution is -2.16. The molecule has 0 spiro atoms. The molecule has 3 rings (SSSR count). The number of halogens is 1. The summed E-state index contributed by atoms with van der Waals surface area (Å²) in [5.74, 6) is 0.425. The predicted octanol–water partition coefficient (Wildman–Crippen LogP) is 3.90. The van der Waals surface area contributed by atoms with Gasteiger partial charge < -0.3 is 10.2 Å². The molecule has 2 aromatic carbocycles. The molecular formula is C19H19ClN4O. The third-order valence-corrected chi connectivity index (χ3v) is 4.07. The molecule has 0 bridgehead atoms. The quantitative estimate of drug-likeness (QED) is 0.756. The SMILES string of the molecule is CN(C)c1ccc(Cn2nccc2NC(=O)c2cccc(Cl)c2)cc1. The van der Waals surface area contributed by atoms with Crippen LogP contribution in [-0.4, -0.2) is 29.8 Å². The summed E-state index contributed by atoms with van der Waals surface area (Å²) >= 11 is 5.94. The van der Waals surface area contributed by atoms with Crippen molar-refractivity contribution in [2.75, 3.05) is 24.3 Å². The first-order valence-corrected chi connectivity index (χ1v) is 8.26. The Bertz CT molecular complexity index is 871. The molecule has 0 radical (unpaired) electrons. The maximum absolute atomic E-state index is 12.4. The van der Waals surface area contributed by atoms with E-state index >= 15 is 0 Å². The van der Waals surface area contributed by atoms with Crippen molar-refractivity contribution in [2.45, 2.75) is 6.54 Å². The molecule has 25 heavy (non-hydrogen) atoms. The van der Waals surface area contributed by atoms with E-state index in [-0.39, 0.29) is 5.91 Å². The van der Waals surface area contributed by atoms with E-state index in [1.54, 1.807) is 41.2 Å². The van der Waals surface area contributed by atoms with Crippen LogP contribution in [0.25, 0.3) is 0 Å². The fourth-order valence-corrected chi connectivity index (χ4v) is 2.65. The summed E-state index contributed by atoms with van der Waals surface area (Å²) in [4.78, 5) is 14.4. The molecule has 0 saturated carbocycles. The molecule has 0 saturated heterocycles. The van der Waals surface area contributed by atoms with Crippen LogP contribution in [-0.2, 0) is 6.54 Å². The highest BCUT2D eigenvalue weighted by Crippen LogP contribution is 2.16. The molecule has 5 nitrogen and oxygen atoms in total. The van der Waals surface area contributed by atoms with Gasteiger partial charge in [-0.25, -0.2) is 4.68 Å². The summed E-state index contributed by atoms with van der Waals surface area (Å²) in [6.45, 7) is 0.575. The standard InChI is InChI=1S/C19H19ClN4O/c1-23(2)17-8-6-14(7-9-17)13-24-18(10-11-21-24)22-19(25)15-4-3-5-16(20)12-15/h3-12H,13H2,1-2H3,(H,22,25). The lowest BCUT2D eigenvalue weighted by Gasteiger charge is -2.13. The number of rotatable bonds is 5. The number of aromatic nitrogens is 2. The number of nitrogens with one attached hydrogen (secondary N) is 1. The first-order valence-electron chi connectivity index (χ1n) is 7.88. The fraction of sp³-hybridized carbons (Fsp3) is 0.158. The van der Waals surface area contributed by atoms with Crippen LogP contribution < -0.4 is 10.2 Å². The summed E-state index contributed by atoms with van der Waals surface area (Å²) in [5.41, 5.74) is 2.75. The van der Waals surface area contributed by atoms with E-state index in [0.717, 1.165) is 11.3 Å². The Morgan fingerprint density at radius 3 is 2.60 bits per heavy atom. The second-order valence-corrected chi connectivity index (χ2v) is 6.34. The summed E-state index contributed by atoms with van der Waals surface area (Å²) in [7, 11) is 4.01. The Morgan fingerprint density at radius 1 is 1.16 bits per heavy atom. The number of hydrogen-bond donors (Lipinski definition) is 1. The highest BCUT2D eigenvalue weighted by Gasteiger charge is 2.10. The van der Waals surface area contributed by atoms with Gasteiger partial charge in [0, 0.05) is 36.4 Å². The average Bonchev–Trinajstić information content (AvgIpc) is 3.02. The van der Waals surface area contributed by atoms with E-state index in [9.17, 15) is 4.79 Å². The van der Waals surface area contributed by atoms with Gasteiger partial charge in [0.2, 0.25) is 0 Å². The molecule has 0 atom stereocenters. The van der Waals surface area contributed by atoms with Gasteiger partial charge in [-0.15, -0.1) is 0 Å². The first-order chi connectivity index (χ1) is 12.0. The average molecular weight is 355 g/mol. The first kappa shape index (κ1) is 17.0. The molecular weight excluding hydrogens is 336 g/mol. The van der Waals surface area contributed by atoms with E-state index in [1.165, 1.54) is 0 Å². The Kier molecular flexibility index (Phi) is 5.05. The molecule has 3 aromatic rings. The number of benzene rings is 2. The predicted molar refractivity (Wildman–Crippen MR) is 102 cm³/mol. The largest absolute Gasteiger partial charge is 0.378 e. The van der Waals surface area contributed by atoms with E-state index < -0.39 is 0 Å². The molecule has 0 aliphatic rings. The summed E-state index contributed by atoms with van der Waals surface area (Å²) in [6, 6.07) is 16.8. The van der Waals surface area contributed by atoms with Crippen LogP contribution >= 0.6 is 11.6 Å². The highest BCUT2D eigenvalue weighted by atomic mass is 35.5. The zero-order valence-electron chi connectivity index (χ0n) is 14.1. The summed E-state index contributed by atoms with van der Waals surface area (Å²) in [6.07, 6.45) is 1.67. The number of hydrogen-bond acceptors (Lipinski definition) is 3. The van der Waals surface area contributed by atoms with E-state index in [2.05, 4.69) is 34.7 Å². The van der Waals surface area contributed by atoms with Gasteiger partial charge in [0.1, 0.15) is 5.82 Å². The van der Waals surface area contributed by atoms with Crippen molar-refractivity contribution >= 4 is 29.0 Å². The zero-order chi connectivity index (χ0) is 17.8. The van der Waals surface area contributed by atoms with Crippen molar-refractivity contribution in [1.82, 2.24) is 9.78 Å². The van der Waals surface area contributed by atoms with Crippen LogP contribution in [0.5, 0.6) is 0 Å². The van der Waals surface area contributed by atoms with Crippen molar-refractivity contribution in [2.24, 2.45) is 0 Å². The Morgan fingerprint density at radius 2 is 1.92 bits per heavy atom. The normalized spacial score (nSPS) is 10.5. The molecule has 6 heteroatoms. The third-order valence-electron chi connectivity index (χ3n) is 3.83. The monoisotopic (exact) mass is 354 g/mol. The van der Waals surface area contributed by atoms with Crippen LogP contribution in [0.4, 0.5) is 11.5 Å². The second kappa shape index (κ2) is 7.40. The van der Waals surface area contributed by atoms with Crippen LogP contribution in [0.3, 0.4) is 0 Å². The lowest BCUT2D eigenvalue weighted by atomic mass is 10.2. The maximum atomic E-state index is 12.4. The Labute approximate surface area is 151 Å². The maximum Gasteiger partial charge on any atom is 0.256 e. The minimum Gasteiger partial charge on any atom is -0.378 e. The van der Waals surface area contributed by atoms with Gasteiger partial charge in [-0.2, -0.15) is 5.10 Å². The molecule has 0 aliphatic carbocycles. The molecule has 0 aliphatic heterocycles. The minimum atomic E-state index is -0.216. The van der Waals surface area contributed by atoms with Gasteiger partial charge in [0.15, 0.2) is 0 Å². The number of nitrogens with zero attached hydrogens (tertiary/aromatic N) is 3. The van der Waals surface area contributed by atoms with Gasteiger partial charge in [-0.05, 0) is 35.9 Å². The van der Waals surface area contributed by atoms with E-state index in [0.29, 0.717) is 22.9 Å². The van der Waals surface area contributed by atoms with Crippen LogP contribution in [0, 0.1) is 0 Å². The van der Waals surface area contributed by atoms with Crippen molar-refractivity contribution in [3.05, 3.63) is 76.9 Å². The Hall–Kier alpha value is -2.79. The van der Waals surface area contributed by atoms with Gasteiger partial charge in [-0.1, -0.05) is 29.8 Å². The topological polar surface area (TPSA) is 50.2 Å². The van der Waals surface area contributed by atoms with Crippen LogP contribution in [0.15, 0.2) is 60.8 Å². The van der Waals surface area contributed by atoms with Gasteiger partial charge in [-0.3, -0.25) is 4.79 Å². The fourth-order valence-electron chi connectivity index (χ4n) is 2.46. The lowest BCUT2D eigenvalue weighted by molar-refractivity contribution is 0.102.